The van der Waals surface area contributed by atoms with Gasteiger partial charge in [0.25, 0.3) is 5.69 Å². The first-order chi connectivity index (χ1) is 14.8. The molecular formula is C20H15ClN2O8. The van der Waals surface area contributed by atoms with E-state index in [9.17, 15) is 19.7 Å². The molecule has 0 saturated carbocycles. The van der Waals surface area contributed by atoms with E-state index in [4.69, 9.17) is 25.8 Å². The third-order valence-electron chi connectivity index (χ3n) is 4.08. The lowest BCUT2D eigenvalue weighted by Gasteiger charge is -2.10. The van der Waals surface area contributed by atoms with Crippen LogP contribution >= 0.6 is 11.6 Å². The molecule has 0 fully saturated rings. The number of non-ortho nitro benzene ring substituents is 1. The minimum atomic E-state index is -0.714. The van der Waals surface area contributed by atoms with E-state index in [0.717, 1.165) is 6.07 Å². The molecule has 0 bridgehead atoms. The molecule has 0 aromatic heterocycles. The smallest absolute Gasteiger partial charge is 0.363 e. The Labute approximate surface area is 180 Å². The third kappa shape index (κ3) is 4.98. The monoisotopic (exact) mass is 446 g/mol. The van der Waals surface area contributed by atoms with Crippen LogP contribution in [0.2, 0.25) is 5.02 Å². The van der Waals surface area contributed by atoms with Gasteiger partial charge in [-0.05, 0) is 29.8 Å². The summed E-state index contributed by atoms with van der Waals surface area (Å²) in [5.41, 5.74) is 0.591. The molecule has 0 saturated heterocycles. The Morgan fingerprint density at radius 2 is 2.00 bits per heavy atom. The van der Waals surface area contributed by atoms with Crippen LogP contribution in [-0.2, 0) is 19.1 Å². The van der Waals surface area contributed by atoms with E-state index in [1.54, 1.807) is 18.2 Å². The fourth-order valence-corrected chi connectivity index (χ4v) is 2.82. The standard InChI is InChI=1S/C20H15ClN2O8/c1-28-17-8-11(3-6-16(17)30-10-18(24)29-2)7-15-20(25)31-19(22-15)13-5-4-12(23(26)27)9-14(13)21/h3-9H,10H2,1-2H3/b15-7-. The Balaban J connectivity index is 1.86. The van der Waals surface area contributed by atoms with E-state index in [-0.39, 0.29) is 34.5 Å². The van der Waals surface area contributed by atoms with E-state index in [1.807, 2.05) is 0 Å². The summed E-state index contributed by atoms with van der Waals surface area (Å²) in [4.78, 5) is 37.8. The average molecular weight is 447 g/mol. The molecule has 31 heavy (non-hydrogen) atoms. The molecule has 0 N–H and O–H groups in total. The Hall–Kier alpha value is -3.92. The number of methoxy groups -OCH3 is 2. The van der Waals surface area contributed by atoms with Gasteiger partial charge >= 0.3 is 11.9 Å². The Kier molecular flexibility index (Phi) is 6.51. The van der Waals surface area contributed by atoms with Gasteiger partial charge in [0, 0.05) is 12.1 Å². The quantitative estimate of drug-likeness (QED) is 0.274. The number of hydrogen-bond acceptors (Lipinski definition) is 9. The molecule has 3 rings (SSSR count). The Morgan fingerprint density at radius 3 is 2.65 bits per heavy atom. The van der Waals surface area contributed by atoms with Crippen LogP contribution in [0.1, 0.15) is 11.1 Å². The Morgan fingerprint density at radius 1 is 1.23 bits per heavy atom. The second kappa shape index (κ2) is 9.26. The van der Waals surface area contributed by atoms with Crippen molar-refractivity contribution in [2.75, 3.05) is 20.8 Å². The molecule has 0 aliphatic carbocycles. The molecule has 0 atom stereocenters. The summed E-state index contributed by atoms with van der Waals surface area (Å²) in [5.74, 6) is -0.692. The van der Waals surface area contributed by atoms with Crippen molar-refractivity contribution in [1.29, 1.82) is 0 Å². The SMILES string of the molecule is COC(=O)COc1ccc(/C=C2\N=C(c3ccc([N+](=O)[O-])cc3Cl)OC2=O)cc1OC. The molecule has 160 valence electrons. The third-order valence-corrected chi connectivity index (χ3v) is 4.39. The number of nitro groups is 1. The van der Waals surface area contributed by atoms with Gasteiger partial charge in [-0.1, -0.05) is 17.7 Å². The van der Waals surface area contributed by atoms with Crippen LogP contribution < -0.4 is 9.47 Å². The second-order valence-corrected chi connectivity index (χ2v) is 6.44. The van der Waals surface area contributed by atoms with Gasteiger partial charge < -0.3 is 18.9 Å². The van der Waals surface area contributed by atoms with Gasteiger partial charge in [0.2, 0.25) is 5.90 Å². The van der Waals surface area contributed by atoms with Crippen molar-refractivity contribution in [1.82, 2.24) is 0 Å². The number of esters is 2. The van der Waals surface area contributed by atoms with Gasteiger partial charge in [0.05, 0.1) is 29.7 Å². The molecule has 10 nitrogen and oxygen atoms in total. The van der Waals surface area contributed by atoms with Gasteiger partial charge in [-0.15, -0.1) is 0 Å². The number of nitro benzene ring substituents is 1. The predicted octanol–water partition coefficient (Wildman–Crippen LogP) is 3.15. The van der Waals surface area contributed by atoms with Crippen molar-refractivity contribution in [3.63, 3.8) is 0 Å². The van der Waals surface area contributed by atoms with Crippen LogP contribution in [0.4, 0.5) is 5.69 Å². The first kappa shape index (κ1) is 21.8. The van der Waals surface area contributed by atoms with Crippen LogP contribution in [0.15, 0.2) is 47.1 Å². The van der Waals surface area contributed by atoms with Crippen molar-refractivity contribution in [2.24, 2.45) is 4.99 Å². The molecule has 0 spiro atoms. The van der Waals surface area contributed by atoms with Gasteiger partial charge in [-0.2, -0.15) is 0 Å². The number of rotatable bonds is 7. The molecule has 1 aliphatic heterocycles. The molecule has 1 aliphatic rings. The van der Waals surface area contributed by atoms with Crippen molar-refractivity contribution >= 4 is 41.2 Å². The van der Waals surface area contributed by atoms with Crippen LogP contribution in [-0.4, -0.2) is 43.6 Å². The zero-order valence-electron chi connectivity index (χ0n) is 16.3. The summed E-state index contributed by atoms with van der Waals surface area (Å²) in [6.45, 7) is -0.288. The van der Waals surface area contributed by atoms with E-state index < -0.39 is 16.9 Å². The first-order valence-corrected chi connectivity index (χ1v) is 9.04. The van der Waals surface area contributed by atoms with Crippen LogP contribution in [0.25, 0.3) is 6.08 Å². The minimum Gasteiger partial charge on any atom is -0.493 e. The highest BCUT2D eigenvalue weighted by molar-refractivity contribution is 6.34. The summed E-state index contributed by atoms with van der Waals surface area (Å²) in [6.07, 6.45) is 1.46. The Bertz CT molecular complexity index is 1130. The lowest BCUT2D eigenvalue weighted by atomic mass is 10.1. The summed E-state index contributed by atoms with van der Waals surface area (Å²) in [6, 6.07) is 8.50. The number of carbonyl (C=O) groups excluding carboxylic acids is 2. The molecular weight excluding hydrogens is 432 g/mol. The maximum absolute atomic E-state index is 12.2. The van der Waals surface area contributed by atoms with Gasteiger partial charge in [-0.3, -0.25) is 10.1 Å². The largest absolute Gasteiger partial charge is 0.493 e. The minimum absolute atomic E-state index is 0.00491. The first-order valence-electron chi connectivity index (χ1n) is 8.67. The van der Waals surface area contributed by atoms with Crippen molar-refractivity contribution in [3.8, 4) is 11.5 Å². The average Bonchev–Trinajstić information content (AvgIpc) is 3.11. The number of halogens is 1. The molecule has 0 radical (unpaired) electrons. The molecule has 1 heterocycles. The summed E-state index contributed by atoms with van der Waals surface area (Å²) in [7, 11) is 2.67. The van der Waals surface area contributed by atoms with E-state index in [0.29, 0.717) is 17.1 Å². The highest BCUT2D eigenvalue weighted by Gasteiger charge is 2.26. The number of nitrogens with zero attached hydrogens (tertiary/aromatic N) is 2. The molecule has 11 heteroatoms. The van der Waals surface area contributed by atoms with E-state index in [1.165, 1.54) is 32.4 Å². The van der Waals surface area contributed by atoms with Crippen LogP contribution in [0.3, 0.4) is 0 Å². The molecule has 2 aromatic rings. The fourth-order valence-electron chi connectivity index (χ4n) is 2.56. The van der Waals surface area contributed by atoms with Gasteiger partial charge in [0.1, 0.15) is 0 Å². The van der Waals surface area contributed by atoms with E-state index in [2.05, 4.69) is 9.73 Å². The number of benzene rings is 2. The normalized spacial score (nSPS) is 14.1. The summed E-state index contributed by atoms with van der Waals surface area (Å²) < 4.78 is 20.3. The summed E-state index contributed by atoms with van der Waals surface area (Å²) in [5, 5.41) is 10.9. The zero-order valence-corrected chi connectivity index (χ0v) is 17.0. The maximum Gasteiger partial charge on any atom is 0.363 e. The number of ether oxygens (including phenoxy) is 4. The van der Waals surface area contributed by atoms with Crippen molar-refractivity contribution < 1.29 is 33.5 Å². The van der Waals surface area contributed by atoms with Gasteiger partial charge in [-0.25, -0.2) is 14.6 Å². The zero-order chi connectivity index (χ0) is 22.5. The fraction of sp³-hybridized carbons (Fsp3) is 0.150. The lowest BCUT2D eigenvalue weighted by molar-refractivity contribution is -0.384. The molecule has 0 amide bonds. The van der Waals surface area contributed by atoms with E-state index >= 15 is 0 Å². The maximum atomic E-state index is 12.2. The number of cyclic esters (lactones) is 1. The number of aliphatic imine (C=N–C) groups is 1. The van der Waals surface area contributed by atoms with Crippen molar-refractivity contribution in [3.05, 3.63) is 68.4 Å². The molecule has 2 aromatic carbocycles. The highest BCUT2D eigenvalue weighted by Crippen LogP contribution is 2.31. The summed E-state index contributed by atoms with van der Waals surface area (Å²) >= 11 is 6.07. The number of hydrogen-bond donors (Lipinski definition) is 0. The van der Waals surface area contributed by atoms with Crippen LogP contribution in [0, 0.1) is 10.1 Å². The molecule has 0 unspecified atom stereocenters. The lowest BCUT2D eigenvalue weighted by Crippen LogP contribution is -2.12. The topological polar surface area (TPSA) is 127 Å². The van der Waals surface area contributed by atoms with Crippen molar-refractivity contribution in [2.45, 2.75) is 0 Å². The predicted molar refractivity (Wildman–Crippen MR) is 109 cm³/mol. The highest BCUT2D eigenvalue weighted by atomic mass is 35.5. The van der Waals surface area contributed by atoms with Gasteiger partial charge in [0.15, 0.2) is 23.8 Å². The van der Waals surface area contributed by atoms with Crippen LogP contribution in [0.5, 0.6) is 11.5 Å². The second-order valence-electron chi connectivity index (χ2n) is 6.03. The number of carbonyl (C=O) groups is 2.